The van der Waals surface area contributed by atoms with Crippen LogP contribution < -0.4 is 29.3 Å². The van der Waals surface area contributed by atoms with E-state index in [0.29, 0.717) is 10.7 Å². The van der Waals surface area contributed by atoms with Gasteiger partial charge in [0.15, 0.2) is 0 Å². The van der Waals surface area contributed by atoms with Crippen molar-refractivity contribution in [2.24, 2.45) is 7.05 Å². The number of carboxylic acid groups (broad SMARTS) is 1. The molecular formula is C11H11LiN6O4S. The van der Waals surface area contributed by atoms with Crippen LogP contribution in [0.25, 0.3) is 0 Å². The Hall–Kier alpha value is -1.93. The van der Waals surface area contributed by atoms with E-state index in [0.717, 1.165) is 17.8 Å². The molecule has 116 valence electrons. The maximum Gasteiger partial charge on any atom is 1.00 e. The van der Waals surface area contributed by atoms with Gasteiger partial charge in [-0.15, -0.1) is 5.10 Å². The first-order chi connectivity index (χ1) is 10.4. The zero-order chi connectivity index (χ0) is 16.3. The average molecular weight is 330 g/mol. The number of carbonyl (C=O) groups is 1. The Bertz CT molecular complexity index is 737. The van der Waals surface area contributed by atoms with Crippen LogP contribution in [-0.4, -0.2) is 38.1 Å². The zero-order valence-corrected chi connectivity index (χ0v) is 13.5. The fourth-order valence-corrected chi connectivity index (χ4v) is 2.66. The molecule has 0 aliphatic heterocycles. The van der Waals surface area contributed by atoms with Gasteiger partial charge in [-0.2, -0.15) is 0 Å². The van der Waals surface area contributed by atoms with E-state index in [1.165, 1.54) is 10.7 Å². The summed E-state index contributed by atoms with van der Waals surface area (Å²) >= 11 is 0.992. The third-order valence-electron chi connectivity index (χ3n) is 2.75. The number of hydrogen-bond acceptors (Lipinski definition) is 9. The van der Waals surface area contributed by atoms with Gasteiger partial charge in [0.05, 0.1) is 10.9 Å². The monoisotopic (exact) mass is 330 g/mol. The van der Waals surface area contributed by atoms with Crippen molar-refractivity contribution >= 4 is 23.4 Å². The van der Waals surface area contributed by atoms with Crippen LogP contribution in [0, 0.1) is 10.1 Å². The van der Waals surface area contributed by atoms with Crippen molar-refractivity contribution < 1.29 is 33.7 Å². The van der Waals surface area contributed by atoms with Crippen molar-refractivity contribution in [3.63, 3.8) is 0 Å². The Morgan fingerprint density at radius 2 is 2.17 bits per heavy atom. The van der Waals surface area contributed by atoms with Crippen LogP contribution in [0.15, 0.2) is 22.2 Å². The molecule has 0 radical (unpaired) electrons. The number of benzene rings is 1. The van der Waals surface area contributed by atoms with Crippen molar-refractivity contribution in [3.8, 4) is 0 Å². The first-order valence-corrected chi connectivity index (χ1v) is 6.83. The third-order valence-corrected chi connectivity index (χ3v) is 3.83. The second-order valence-electron chi connectivity index (χ2n) is 4.24. The molecule has 1 N–H and O–H groups in total. The summed E-state index contributed by atoms with van der Waals surface area (Å²) in [6, 6.07) is 2.42. The molecule has 0 aliphatic rings. The van der Waals surface area contributed by atoms with E-state index in [1.54, 1.807) is 14.1 Å². The number of nitrogens with one attached hydrogen (secondary N) is 1. The summed E-state index contributed by atoms with van der Waals surface area (Å²) in [4.78, 5) is 22.0. The van der Waals surface area contributed by atoms with Gasteiger partial charge in [-0.1, -0.05) is 0 Å². The third kappa shape index (κ3) is 4.29. The van der Waals surface area contributed by atoms with Crippen LogP contribution in [-0.2, 0) is 13.6 Å². The van der Waals surface area contributed by atoms with E-state index in [9.17, 15) is 20.0 Å². The Kier molecular flexibility index (Phi) is 6.71. The molecule has 0 spiro atoms. The van der Waals surface area contributed by atoms with Gasteiger partial charge < -0.3 is 15.2 Å². The van der Waals surface area contributed by atoms with Gasteiger partial charge in [-0.3, -0.25) is 10.1 Å². The second kappa shape index (κ2) is 8.07. The van der Waals surface area contributed by atoms with Gasteiger partial charge >= 0.3 is 18.9 Å². The number of carbonyl (C=O) groups excluding carboxylic acids is 1. The van der Waals surface area contributed by atoms with E-state index in [2.05, 4.69) is 20.8 Å². The fraction of sp³-hybridized carbons (Fsp3) is 0.273. The predicted octanol–water partition coefficient (Wildman–Crippen LogP) is -3.64. The number of tetrazole rings is 1. The number of aryl methyl sites for hydroxylation is 1. The summed E-state index contributed by atoms with van der Waals surface area (Å²) in [6.45, 7) is 0.217. The number of nitro benzene ring substituents is 1. The molecule has 1 aromatic carbocycles. The largest absolute Gasteiger partial charge is 1.00 e. The minimum atomic E-state index is -1.50. The Labute approximate surface area is 147 Å². The molecule has 0 unspecified atom stereocenters. The van der Waals surface area contributed by atoms with E-state index in [-0.39, 0.29) is 41.6 Å². The molecule has 2 rings (SSSR count). The Balaban J connectivity index is 0.00000264. The number of nitro groups is 1. The number of nitrogens with zero attached hydrogens (tertiary/aromatic N) is 5. The molecule has 1 aromatic heterocycles. The summed E-state index contributed by atoms with van der Waals surface area (Å²) < 4.78 is 1.36. The molecule has 2 aromatic rings. The van der Waals surface area contributed by atoms with Gasteiger partial charge in [-0.25, -0.2) is 4.68 Å². The maximum absolute atomic E-state index is 11.3. The second-order valence-corrected chi connectivity index (χ2v) is 5.25. The number of carboxylic acids is 1. The molecule has 0 saturated carbocycles. The van der Waals surface area contributed by atoms with Crippen LogP contribution in [0.2, 0.25) is 0 Å². The van der Waals surface area contributed by atoms with E-state index in [4.69, 9.17) is 0 Å². The zero-order valence-electron chi connectivity index (χ0n) is 12.6. The van der Waals surface area contributed by atoms with Crippen molar-refractivity contribution in [3.05, 3.63) is 33.4 Å². The summed E-state index contributed by atoms with van der Waals surface area (Å²) in [7, 11) is 3.23. The molecule has 0 fully saturated rings. The average Bonchev–Trinajstić information content (AvgIpc) is 2.84. The minimum absolute atomic E-state index is 0. The molecule has 23 heavy (non-hydrogen) atoms. The van der Waals surface area contributed by atoms with Gasteiger partial charge in [0.1, 0.15) is 0 Å². The van der Waals surface area contributed by atoms with E-state index >= 15 is 0 Å². The number of rotatable bonds is 6. The molecule has 0 amide bonds. The van der Waals surface area contributed by atoms with Crippen molar-refractivity contribution in [2.75, 3.05) is 7.05 Å². The van der Waals surface area contributed by atoms with Crippen LogP contribution >= 0.6 is 11.8 Å². The summed E-state index contributed by atoms with van der Waals surface area (Å²) in [5.74, 6) is -1.50. The number of aromatic nitrogens is 4. The molecule has 10 nitrogen and oxygen atoms in total. The normalized spacial score (nSPS) is 10.2. The van der Waals surface area contributed by atoms with Crippen LogP contribution in [0.1, 0.15) is 15.9 Å². The summed E-state index contributed by atoms with van der Waals surface area (Å²) in [5.41, 5.74) is -0.205. The van der Waals surface area contributed by atoms with E-state index in [1.807, 2.05) is 0 Å². The van der Waals surface area contributed by atoms with Crippen molar-refractivity contribution in [1.29, 1.82) is 0 Å². The minimum Gasteiger partial charge on any atom is -0.545 e. The fourth-order valence-electron chi connectivity index (χ4n) is 1.76. The van der Waals surface area contributed by atoms with E-state index < -0.39 is 10.9 Å². The number of aromatic carboxylic acids is 1. The molecule has 0 atom stereocenters. The smallest absolute Gasteiger partial charge is 0.545 e. The van der Waals surface area contributed by atoms with Gasteiger partial charge in [0.25, 0.3) is 5.69 Å². The topological polar surface area (TPSA) is 139 Å². The number of hydrogen-bond donors (Lipinski definition) is 1. The molecule has 0 saturated heterocycles. The standard InChI is InChI=1S/C11H12N6O4S.Li/c1-12-5-6-3-9(22-11-13-14-15-16(11)2)7(10(18)19)4-8(6)17(20)21;/h3-4,12H,5H2,1-2H3,(H,18,19);/q;+1/p-1. The summed E-state index contributed by atoms with van der Waals surface area (Å²) in [6.07, 6.45) is 0. The van der Waals surface area contributed by atoms with Gasteiger partial charge in [-0.05, 0) is 35.3 Å². The van der Waals surface area contributed by atoms with Crippen molar-refractivity contribution in [1.82, 2.24) is 25.5 Å². The molecule has 0 aliphatic carbocycles. The predicted molar refractivity (Wildman–Crippen MR) is 73.1 cm³/mol. The molecular weight excluding hydrogens is 319 g/mol. The van der Waals surface area contributed by atoms with Crippen LogP contribution in [0.4, 0.5) is 5.69 Å². The first-order valence-electron chi connectivity index (χ1n) is 6.01. The van der Waals surface area contributed by atoms with Crippen LogP contribution in [0.5, 0.6) is 0 Å². The van der Waals surface area contributed by atoms with Gasteiger partial charge in [0, 0.05) is 35.7 Å². The molecule has 0 bridgehead atoms. The van der Waals surface area contributed by atoms with Crippen molar-refractivity contribution in [2.45, 2.75) is 16.6 Å². The maximum atomic E-state index is 11.3. The molecule has 1 heterocycles. The Morgan fingerprint density at radius 3 is 2.65 bits per heavy atom. The quantitative estimate of drug-likeness (QED) is 0.323. The SMILES string of the molecule is CNCc1cc(Sc2nnnn2C)c(C(=O)[O-])cc1[N+](=O)[O-].[Li+]. The Morgan fingerprint density at radius 1 is 1.48 bits per heavy atom. The first kappa shape index (κ1) is 19.1. The molecule has 12 heteroatoms. The summed E-state index contributed by atoms with van der Waals surface area (Å²) in [5, 5.41) is 36.3. The van der Waals surface area contributed by atoms with Crippen LogP contribution in [0.3, 0.4) is 0 Å². The van der Waals surface area contributed by atoms with Gasteiger partial charge in [0.2, 0.25) is 5.16 Å².